The summed E-state index contributed by atoms with van der Waals surface area (Å²) < 4.78 is 13.6. The van der Waals surface area contributed by atoms with E-state index in [-0.39, 0.29) is 17.9 Å². The van der Waals surface area contributed by atoms with E-state index in [4.69, 9.17) is 5.11 Å². The molecule has 0 amide bonds. The molecule has 0 saturated heterocycles. The van der Waals surface area contributed by atoms with Crippen molar-refractivity contribution in [2.75, 3.05) is 5.32 Å². The fourth-order valence-corrected chi connectivity index (χ4v) is 1.85. The van der Waals surface area contributed by atoms with Crippen LogP contribution < -0.4 is 5.32 Å². The van der Waals surface area contributed by atoms with E-state index in [1.54, 1.807) is 30.3 Å². The quantitative estimate of drug-likeness (QED) is 0.884. The van der Waals surface area contributed by atoms with Gasteiger partial charge in [0.25, 0.3) is 0 Å². The summed E-state index contributed by atoms with van der Waals surface area (Å²) in [7, 11) is 0. The molecular weight excluding hydrogens is 245 g/mol. The number of aromatic carboxylic acids is 1. The van der Waals surface area contributed by atoms with Crippen LogP contribution in [0.5, 0.6) is 0 Å². The number of aryl methyl sites for hydroxylation is 1. The first-order valence-electron chi connectivity index (χ1n) is 5.89. The van der Waals surface area contributed by atoms with E-state index in [0.717, 1.165) is 5.56 Å². The highest BCUT2D eigenvalue weighted by Crippen LogP contribution is 2.18. The molecule has 0 unspecified atom stereocenters. The van der Waals surface area contributed by atoms with E-state index in [9.17, 15) is 9.18 Å². The topological polar surface area (TPSA) is 49.3 Å². The fraction of sp³-hybridized carbons (Fsp3) is 0.133. The Kier molecular flexibility index (Phi) is 3.80. The van der Waals surface area contributed by atoms with Gasteiger partial charge < -0.3 is 10.4 Å². The van der Waals surface area contributed by atoms with Crippen LogP contribution in [-0.2, 0) is 6.54 Å². The minimum absolute atomic E-state index is 0.225. The van der Waals surface area contributed by atoms with Gasteiger partial charge in [-0.2, -0.15) is 0 Å². The third-order valence-corrected chi connectivity index (χ3v) is 2.84. The van der Waals surface area contributed by atoms with Crippen LogP contribution in [0.3, 0.4) is 0 Å². The summed E-state index contributed by atoms with van der Waals surface area (Å²) in [5.74, 6) is -1.33. The molecule has 0 aliphatic rings. The van der Waals surface area contributed by atoms with Crippen molar-refractivity contribution in [3.8, 4) is 0 Å². The summed E-state index contributed by atoms with van der Waals surface area (Å²) in [6.45, 7) is 2.14. The fourth-order valence-electron chi connectivity index (χ4n) is 1.85. The molecule has 2 N–H and O–H groups in total. The molecule has 3 nitrogen and oxygen atoms in total. The smallest absolute Gasteiger partial charge is 0.336 e. The molecule has 0 saturated carbocycles. The van der Waals surface area contributed by atoms with E-state index < -0.39 is 5.97 Å². The van der Waals surface area contributed by atoms with Crippen molar-refractivity contribution < 1.29 is 14.3 Å². The maximum Gasteiger partial charge on any atom is 0.336 e. The molecule has 0 aliphatic heterocycles. The number of carbonyl (C=O) groups is 1. The summed E-state index contributed by atoms with van der Waals surface area (Å²) in [6, 6.07) is 11.4. The lowest BCUT2D eigenvalue weighted by atomic mass is 10.1. The molecule has 2 aromatic rings. The van der Waals surface area contributed by atoms with Crippen molar-refractivity contribution in [3.63, 3.8) is 0 Å². The zero-order valence-electron chi connectivity index (χ0n) is 10.5. The van der Waals surface area contributed by atoms with Crippen molar-refractivity contribution in [3.05, 3.63) is 65.0 Å². The average Bonchev–Trinajstić information content (AvgIpc) is 2.40. The van der Waals surface area contributed by atoms with Gasteiger partial charge in [0.05, 0.1) is 11.3 Å². The third kappa shape index (κ3) is 3.10. The van der Waals surface area contributed by atoms with Crippen LogP contribution in [0.15, 0.2) is 42.5 Å². The second-order valence-electron chi connectivity index (χ2n) is 4.30. The van der Waals surface area contributed by atoms with Crippen LogP contribution in [0.2, 0.25) is 0 Å². The van der Waals surface area contributed by atoms with Gasteiger partial charge in [0.15, 0.2) is 0 Å². The summed E-state index contributed by atoms with van der Waals surface area (Å²) in [6.07, 6.45) is 0. The predicted octanol–water partition coefficient (Wildman–Crippen LogP) is 3.44. The molecule has 0 atom stereocenters. The molecule has 2 aromatic carbocycles. The van der Waals surface area contributed by atoms with Crippen LogP contribution in [-0.4, -0.2) is 11.1 Å². The van der Waals surface area contributed by atoms with E-state index in [2.05, 4.69) is 5.32 Å². The Morgan fingerprint density at radius 2 is 2.00 bits per heavy atom. The molecule has 2 rings (SSSR count). The molecule has 0 radical (unpaired) electrons. The van der Waals surface area contributed by atoms with Gasteiger partial charge in [-0.15, -0.1) is 0 Å². The predicted molar refractivity (Wildman–Crippen MR) is 71.9 cm³/mol. The SMILES string of the molecule is Cc1ccc(F)c(NCc2ccccc2C(=O)O)c1. The molecule has 0 fully saturated rings. The van der Waals surface area contributed by atoms with Gasteiger partial charge in [-0.25, -0.2) is 9.18 Å². The van der Waals surface area contributed by atoms with Crippen LogP contribution in [0.4, 0.5) is 10.1 Å². The van der Waals surface area contributed by atoms with E-state index >= 15 is 0 Å². The van der Waals surface area contributed by atoms with Crippen molar-refractivity contribution in [1.82, 2.24) is 0 Å². The maximum absolute atomic E-state index is 13.6. The minimum atomic E-state index is -0.984. The lowest BCUT2D eigenvalue weighted by molar-refractivity contribution is 0.0696. The zero-order valence-corrected chi connectivity index (χ0v) is 10.5. The number of nitrogens with one attached hydrogen (secondary N) is 1. The first-order chi connectivity index (χ1) is 9.08. The Hall–Kier alpha value is -2.36. The number of benzene rings is 2. The average molecular weight is 259 g/mol. The van der Waals surface area contributed by atoms with Gasteiger partial charge in [-0.1, -0.05) is 24.3 Å². The first kappa shape index (κ1) is 13.1. The third-order valence-electron chi connectivity index (χ3n) is 2.84. The summed E-state index contributed by atoms with van der Waals surface area (Å²) in [5.41, 5.74) is 2.16. The monoisotopic (exact) mass is 259 g/mol. The van der Waals surface area contributed by atoms with E-state index in [1.165, 1.54) is 12.1 Å². The van der Waals surface area contributed by atoms with Gasteiger partial charge >= 0.3 is 5.97 Å². The van der Waals surface area contributed by atoms with Gasteiger partial charge in [0.2, 0.25) is 0 Å². The van der Waals surface area contributed by atoms with Crippen LogP contribution in [0, 0.1) is 12.7 Å². The molecule has 19 heavy (non-hydrogen) atoms. The maximum atomic E-state index is 13.6. The number of carboxylic acid groups (broad SMARTS) is 1. The molecule has 0 bridgehead atoms. The van der Waals surface area contributed by atoms with E-state index in [0.29, 0.717) is 11.3 Å². The number of hydrogen-bond acceptors (Lipinski definition) is 2. The number of anilines is 1. The summed E-state index contributed by atoms with van der Waals surface area (Å²) >= 11 is 0. The lowest BCUT2D eigenvalue weighted by Gasteiger charge is -2.10. The zero-order chi connectivity index (χ0) is 13.8. The lowest BCUT2D eigenvalue weighted by Crippen LogP contribution is -2.08. The van der Waals surface area contributed by atoms with Crippen LogP contribution in [0.25, 0.3) is 0 Å². The molecule has 4 heteroatoms. The van der Waals surface area contributed by atoms with Crippen molar-refractivity contribution in [2.45, 2.75) is 13.5 Å². The van der Waals surface area contributed by atoms with Crippen LogP contribution >= 0.6 is 0 Å². The number of halogens is 1. The van der Waals surface area contributed by atoms with Gasteiger partial charge in [0.1, 0.15) is 5.82 Å². The Labute approximate surface area is 110 Å². The number of hydrogen-bond donors (Lipinski definition) is 2. The summed E-state index contributed by atoms with van der Waals surface area (Å²) in [5, 5.41) is 12.0. The minimum Gasteiger partial charge on any atom is -0.478 e. The highest BCUT2D eigenvalue weighted by atomic mass is 19.1. The van der Waals surface area contributed by atoms with Gasteiger partial charge in [-0.3, -0.25) is 0 Å². The van der Waals surface area contributed by atoms with Crippen LogP contribution in [0.1, 0.15) is 21.5 Å². The second kappa shape index (κ2) is 5.52. The molecule has 98 valence electrons. The first-order valence-corrected chi connectivity index (χ1v) is 5.89. The van der Waals surface area contributed by atoms with E-state index in [1.807, 2.05) is 6.92 Å². The van der Waals surface area contributed by atoms with Crippen molar-refractivity contribution >= 4 is 11.7 Å². The highest BCUT2D eigenvalue weighted by molar-refractivity contribution is 5.89. The van der Waals surface area contributed by atoms with Crippen molar-refractivity contribution in [2.24, 2.45) is 0 Å². The van der Waals surface area contributed by atoms with Gasteiger partial charge in [-0.05, 0) is 36.2 Å². The standard InChI is InChI=1S/C15H14FNO2/c1-10-6-7-13(16)14(8-10)17-9-11-4-2-3-5-12(11)15(18)19/h2-8,17H,9H2,1H3,(H,18,19). The Bertz CT molecular complexity index is 611. The Balaban J connectivity index is 2.19. The van der Waals surface area contributed by atoms with Gasteiger partial charge in [0, 0.05) is 6.54 Å². The Morgan fingerprint density at radius 3 is 2.74 bits per heavy atom. The molecule has 0 aliphatic carbocycles. The summed E-state index contributed by atoms with van der Waals surface area (Å²) in [4.78, 5) is 11.1. The largest absolute Gasteiger partial charge is 0.478 e. The normalized spacial score (nSPS) is 10.2. The molecule has 0 spiro atoms. The molecule has 0 aromatic heterocycles. The molecule has 0 heterocycles. The number of carboxylic acids is 1. The number of rotatable bonds is 4. The van der Waals surface area contributed by atoms with Crippen molar-refractivity contribution in [1.29, 1.82) is 0 Å². The molecular formula is C15H14FNO2. The Morgan fingerprint density at radius 1 is 1.26 bits per heavy atom. The highest BCUT2D eigenvalue weighted by Gasteiger charge is 2.09. The second-order valence-corrected chi connectivity index (χ2v) is 4.30.